The minimum Gasteiger partial charge on any atom is -0.486 e. The minimum atomic E-state index is -0.276. The Hall–Kier alpha value is -3.29. The van der Waals surface area contributed by atoms with Crippen LogP contribution in [0.1, 0.15) is 58.7 Å². The molecule has 0 spiro atoms. The maximum atomic E-state index is 13.2. The van der Waals surface area contributed by atoms with Gasteiger partial charge in [0, 0.05) is 11.3 Å². The number of hydrogen-bond donors (Lipinski definition) is 1. The Morgan fingerprint density at radius 2 is 1.87 bits per heavy atom. The van der Waals surface area contributed by atoms with Crippen molar-refractivity contribution >= 4 is 5.91 Å². The third kappa shape index (κ3) is 4.28. The average Bonchev–Trinajstić information content (AvgIpc) is 3.26. The van der Waals surface area contributed by atoms with E-state index in [0.29, 0.717) is 31.3 Å². The van der Waals surface area contributed by atoms with E-state index in [1.807, 2.05) is 49.7 Å². The molecule has 0 radical (unpaired) electrons. The van der Waals surface area contributed by atoms with Crippen LogP contribution in [0.15, 0.2) is 28.8 Å². The molecule has 0 fully saturated rings. The molecule has 1 aromatic carbocycles. The smallest absolute Gasteiger partial charge is 0.274 e. The van der Waals surface area contributed by atoms with E-state index in [4.69, 9.17) is 14.0 Å². The summed E-state index contributed by atoms with van der Waals surface area (Å²) < 4.78 is 18.5. The summed E-state index contributed by atoms with van der Waals surface area (Å²) in [6.45, 7) is 11.3. The highest BCUT2D eigenvalue weighted by atomic mass is 16.6. The Balaban J connectivity index is 1.58. The van der Waals surface area contributed by atoms with Gasteiger partial charge in [0.05, 0.1) is 18.3 Å². The largest absolute Gasteiger partial charge is 0.486 e. The summed E-state index contributed by atoms with van der Waals surface area (Å²) in [5.41, 5.74) is 3.91. The number of rotatable bonds is 6. The molecule has 8 nitrogen and oxygen atoms in total. The van der Waals surface area contributed by atoms with E-state index >= 15 is 0 Å². The maximum Gasteiger partial charge on any atom is 0.274 e. The number of carbonyl (C=O) groups is 1. The second-order valence-corrected chi connectivity index (χ2v) is 8.25. The molecule has 1 N–H and O–H groups in total. The van der Waals surface area contributed by atoms with Gasteiger partial charge in [-0.25, -0.2) is 0 Å². The van der Waals surface area contributed by atoms with Crippen molar-refractivity contribution in [1.82, 2.24) is 20.3 Å². The molecule has 31 heavy (non-hydrogen) atoms. The second-order valence-electron chi connectivity index (χ2n) is 8.25. The van der Waals surface area contributed by atoms with Gasteiger partial charge in [0.1, 0.15) is 19.0 Å². The summed E-state index contributed by atoms with van der Waals surface area (Å²) in [6, 6.07) is 7.56. The second kappa shape index (κ2) is 8.45. The van der Waals surface area contributed by atoms with E-state index in [-0.39, 0.29) is 23.6 Å². The summed E-state index contributed by atoms with van der Waals surface area (Å²) in [4.78, 5) is 13.2. The van der Waals surface area contributed by atoms with Crippen LogP contribution in [0.3, 0.4) is 0 Å². The first kappa shape index (κ1) is 21.0. The van der Waals surface area contributed by atoms with Crippen molar-refractivity contribution in [3.8, 4) is 11.5 Å². The molecule has 0 saturated carbocycles. The summed E-state index contributed by atoms with van der Waals surface area (Å²) in [6.07, 6.45) is 0. The maximum absolute atomic E-state index is 13.2. The summed E-state index contributed by atoms with van der Waals surface area (Å²) in [5.74, 6) is 1.91. The van der Waals surface area contributed by atoms with E-state index in [1.165, 1.54) is 0 Å². The van der Waals surface area contributed by atoms with Gasteiger partial charge in [0.15, 0.2) is 17.2 Å². The van der Waals surface area contributed by atoms with Crippen molar-refractivity contribution in [1.29, 1.82) is 0 Å². The predicted octanol–water partition coefficient (Wildman–Crippen LogP) is 3.74. The number of carbonyl (C=O) groups excluding carboxylic acids is 1. The fraction of sp³-hybridized carbons (Fsp3) is 0.435. The zero-order valence-electron chi connectivity index (χ0n) is 18.6. The molecule has 1 atom stereocenters. The fourth-order valence-electron chi connectivity index (χ4n) is 3.84. The highest BCUT2D eigenvalue weighted by Crippen LogP contribution is 2.34. The number of nitrogens with zero attached hydrogens (tertiary/aromatic N) is 3. The lowest BCUT2D eigenvalue weighted by Gasteiger charge is -2.25. The number of fused-ring (bicyclic) bond motifs is 1. The van der Waals surface area contributed by atoms with Crippen LogP contribution in [0.2, 0.25) is 0 Å². The van der Waals surface area contributed by atoms with Crippen LogP contribution >= 0.6 is 0 Å². The normalized spacial score (nSPS) is 14.0. The molecule has 2 aromatic heterocycles. The Labute approximate surface area is 181 Å². The van der Waals surface area contributed by atoms with Crippen LogP contribution in [0.25, 0.3) is 0 Å². The number of nitrogens with one attached hydrogen (secondary N) is 1. The van der Waals surface area contributed by atoms with Crippen LogP contribution < -0.4 is 14.8 Å². The van der Waals surface area contributed by atoms with E-state index in [1.54, 1.807) is 0 Å². The van der Waals surface area contributed by atoms with E-state index < -0.39 is 0 Å². The summed E-state index contributed by atoms with van der Waals surface area (Å²) >= 11 is 0. The van der Waals surface area contributed by atoms with Crippen LogP contribution in [0.4, 0.5) is 0 Å². The topological polar surface area (TPSA) is 91.4 Å². The molecule has 1 aliphatic rings. The van der Waals surface area contributed by atoms with E-state index in [9.17, 15) is 4.79 Å². The van der Waals surface area contributed by atoms with Crippen LogP contribution in [0.5, 0.6) is 11.5 Å². The SMILES string of the molecule is Cc1cc(C)n(Cc2c(C(=O)N[C@H](c3ccc4c(c3)OCCO4)C(C)C)noc2C)n1. The van der Waals surface area contributed by atoms with Gasteiger partial charge in [0.2, 0.25) is 0 Å². The fourth-order valence-corrected chi connectivity index (χ4v) is 3.84. The van der Waals surface area contributed by atoms with Crippen LogP contribution in [-0.4, -0.2) is 34.1 Å². The third-order valence-corrected chi connectivity index (χ3v) is 5.49. The molecular formula is C23H28N4O4. The molecule has 0 bridgehead atoms. The van der Waals surface area contributed by atoms with Gasteiger partial charge in [-0.1, -0.05) is 25.1 Å². The van der Waals surface area contributed by atoms with Crippen molar-refractivity contribution in [2.75, 3.05) is 13.2 Å². The number of benzene rings is 1. The molecule has 8 heteroatoms. The number of aromatic nitrogens is 3. The Bertz CT molecular complexity index is 1100. The molecule has 4 rings (SSSR count). The Kier molecular flexibility index (Phi) is 5.71. The van der Waals surface area contributed by atoms with Gasteiger partial charge in [-0.15, -0.1) is 0 Å². The van der Waals surface area contributed by atoms with Crippen LogP contribution in [0, 0.1) is 26.7 Å². The van der Waals surface area contributed by atoms with Crippen molar-refractivity contribution in [2.45, 2.75) is 47.2 Å². The van der Waals surface area contributed by atoms with Gasteiger partial charge in [-0.2, -0.15) is 5.10 Å². The van der Waals surface area contributed by atoms with Gasteiger partial charge in [-0.05, 0) is 50.5 Å². The van der Waals surface area contributed by atoms with Gasteiger partial charge in [-0.3, -0.25) is 9.48 Å². The first-order valence-electron chi connectivity index (χ1n) is 10.5. The van der Waals surface area contributed by atoms with E-state index in [2.05, 4.69) is 29.4 Å². The first-order valence-corrected chi connectivity index (χ1v) is 10.5. The molecule has 164 valence electrons. The molecule has 0 unspecified atom stereocenters. The van der Waals surface area contributed by atoms with Crippen molar-refractivity contribution in [3.63, 3.8) is 0 Å². The van der Waals surface area contributed by atoms with Crippen LogP contribution in [-0.2, 0) is 6.54 Å². The zero-order valence-corrected chi connectivity index (χ0v) is 18.6. The van der Waals surface area contributed by atoms with Crippen molar-refractivity contribution < 1.29 is 18.8 Å². The standard InChI is InChI=1S/C23H28N4O4/c1-13(2)21(17-6-7-19-20(11-17)30-9-8-29-19)24-23(28)22-18(16(5)31-26-22)12-27-15(4)10-14(3)25-27/h6-7,10-11,13,21H,8-9,12H2,1-5H3,(H,24,28)/t21-/m0/s1. The zero-order chi connectivity index (χ0) is 22.1. The number of hydrogen-bond acceptors (Lipinski definition) is 6. The number of amides is 1. The molecule has 3 heterocycles. The monoisotopic (exact) mass is 424 g/mol. The molecule has 1 aliphatic heterocycles. The first-order chi connectivity index (χ1) is 14.8. The van der Waals surface area contributed by atoms with Crippen molar-refractivity contribution in [2.24, 2.45) is 5.92 Å². The molecule has 0 aliphatic carbocycles. The molecule has 0 saturated heterocycles. The third-order valence-electron chi connectivity index (χ3n) is 5.49. The van der Waals surface area contributed by atoms with Crippen molar-refractivity contribution in [3.05, 3.63) is 58.2 Å². The lowest BCUT2D eigenvalue weighted by Crippen LogP contribution is -2.33. The minimum absolute atomic E-state index is 0.152. The number of aryl methyl sites for hydroxylation is 3. The highest BCUT2D eigenvalue weighted by molar-refractivity contribution is 5.94. The Morgan fingerprint density at radius 3 is 2.55 bits per heavy atom. The van der Waals surface area contributed by atoms with E-state index in [0.717, 1.165) is 28.3 Å². The van der Waals surface area contributed by atoms with Gasteiger partial charge < -0.3 is 19.3 Å². The summed E-state index contributed by atoms with van der Waals surface area (Å²) in [5, 5.41) is 11.7. The number of ether oxygens (including phenoxy) is 2. The quantitative estimate of drug-likeness (QED) is 0.648. The molecular weight excluding hydrogens is 396 g/mol. The Morgan fingerprint density at radius 1 is 1.13 bits per heavy atom. The average molecular weight is 425 g/mol. The molecule has 3 aromatic rings. The lowest BCUT2D eigenvalue weighted by molar-refractivity contribution is 0.0915. The lowest BCUT2D eigenvalue weighted by atomic mass is 9.95. The highest BCUT2D eigenvalue weighted by Gasteiger charge is 2.26. The van der Waals surface area contributed by atoms with Gasteiger partial charge >= 0.3 is 0 Å². The summed E-state index contributed by atoms with van der Waals surface area (Å²) in [7, 11) is 0. The predicted molar refractivity (Wildman–Crippen MR) is 115 cm³/mol. The van der Waals surface area contributed by atoms with Gasteiger partial charge in [0.25, 0.3) is 5.91 Å². The molecule has 1 amide bonds.